The van der Waals surface area contributed by atoms with Crippen LogP contribution in [0.4, 0.5) is 9.93 Å². The fourth-order valence-corrected chi connectivity index (χ4v) is 3.04. The maximum absolute atomic E-state index is 11.8. The highest BCUT2D eigenvalue weighted by Gasteiger charge is 2.19. The lowest BCUT2D eigenvalue weighted by Crippen LogP contribution is -2.43. The number of nitrogens with one attached hydrogen (secondary N) is 2. The Labute approximate surface area is 130 Å². The lowest BCUT2D eigenvalue weighted by atomic mass is 10.2. The predicted octanol–water partition coefficient (Wildman–Crippen LogP) is 2.62. The van der Waals surface area contributed by atoms with Gasteiger partial charge < -0.3 is 10.4 Å². The lowest BCUT2D eigenvalue weighted by Gasteiger charge is -2.13. The van der Waals surface area contributed by atoms with Gasteiger partial charge in [0.25, 0.3) is 0 Å². The van der Waals surface area contributed by atoms with E-state index in [1.807, 2.05) is 30.5 Å². The summed E-state index contributed by atoms with van der Waals surface area (Å²) in [5, 5.41) is 14.5. The molecule has 0 bridgehead atoms. The Balaban J connectivity index is 1.98. The third-order valence-electron chi connectivity index (χ3n) is 2.73. The highest BCUT2D eigenvalue weighted by Crippen LogP contribution is 2.25. The number of fused-ring (bicyclic) bond motifs is 1. The second-order valence-electron chi connectivity index (χ2n) is 4.26. The van der Waals surface area contributed by atoms with Crippen LogP contribution >= 0.6 is 23.1 Å². The van der Waals surface area contributed by atoms with Gasteiger partial charge in [0.15, 0.2) is 5.13 Å². The summed E-state index contributed by atoms with van der Waals surface area (Å²) in [6.45, 7) is 0. The number of nitrogens with zero attached hydrogens (tertiary/aromatic N) is 1. The van der Waals surface area contributed by atoms with Crippen LogP contribution in [0.25, 0.3) is 10.2 Å². The Kier molecular flexibility index (Phi) is 5.40. The van der Waals surface area contributed by atoms with Gasteiger partial charge in [0.2, 0.25) is 0 Å². The Bertz CT molecular complexity index is 611. The van der Waals surface area contributed by atoms with Crippen molar-refractivity contribution < 1.29 is 14.7 Å². The Morgan fingerprint density at radius 1 is 1.43 bits per heavy atom. The molecule has 0 aliphatic heterocycles. The minimum Gasteiger partial charge on any atom is -0.480 e. The zero-order chi connectivity index (χ0) is 15.2. The number of carboxylic acids is 1. The molecular formula is C13H15N3O3S2. The average molecular weight is 325 g/mol. The number of anilines is 1. The normalized spacial score (nSPS) is 12.0. The van der Waals surface area contributed by atoms with E-state index < -0.39 is 18.0 Å². The van der Waals surface area contributed by atoms with Gasteiger partial charge in [-0.15, -0.1) is 0 Å². The number of thioether (sulfide) groups is 1. The standard InChI is InChI=1S/C13H15N3O3S2/c1-20-7-6-9(11(17)18)14-12(19)16-13-15-8-4-2-3-5-10(8)21-13/h2-5,9H,6-7H2,1H3,(H,17,18)(H2,14,15,16,19)/t9-/m0/s1. The van der Waals surface area contributed by atoms with Crippen molar-refractivity contribution in [2.75, 3.05) is 17.3 Å². The van der Waals surface area contributed by atoms with E-state index in [-0.39, 0.29) is 0 Å². The SMILES string of the molecule is CSCC[C@H](NC(=O)Nc1nc2ccccc2s1)C(=O)O. The van der Waals surface area contributed by atoms with E-state index in [2.05, 4.69) is 15.6 Å². The van der Waals surface area contributed by atoms with Crippen molar-refractivity contribution in [2.45, 2.75) is 12.5 Å². The number of carboxylic acid groups (broad SMARTS) is 1. The van der Waals surface area contributed by atoms with Crippen molar-refractivity contribution in [1.29, 1.82) is 0 Å². The molecule has 2 aromatic rings. The van der Waals surface area contributed by atoms with E-state index in [1.54, 1.807) is 0 Å². The zero-order valence-electron chi connectivity index (χ0n) is 11.3. The second kappa shape index (κ2) is 7.28. The zero-order valence-corrected chi connectivity index (χ0v) is 13.0. The summed E-state index contributed by atoms with van der Waals surface area (Å²) in [4.78, 5) is 27.2. The van der Waals surface area contributed by atoms with Crippen LogP contribution in [0.5, 0.6) is 0 Å². The molecule has 21 heavy (non-hydrogen) atoms. The molecule has 8 heteroatoms. The molecule has 0 fully saturated rings. The number of rotatable bonds is 6. The van der Waals surface area contributed by atoms with Gasteiger partial charge in [0.05, 0.1) is 10.2 Å². The average Bonchev–Trinajstić information content (AvgIpc) is 2.85. The number of para-hydroxylation sites is 1. The molecule has 2 rings (SSSR count). The number of aromatic nitrogens is 1. The molecule has 0 aliphatic rings. The molecule has 112 valence electrons. The van der Waals surface area contributed by atoms with Gasteiger partial charge in [-0.1, -0.05) is 23.5 Å². The van der Waals surface area contributed by atoms with E-state index >= 15 is 0 Å². The summed E-state index contributed by atoms with van der Waals surface area (Å²) in [7, 11) is 0. The number of hydrogen-bond acceptors (Lipinski definition) is 5. The van der Waals surface area contributed by atoms with Gasteiger partial charge in [-0.2, -0.15) is 11.8 Å². The number of aliphatic carboxylic acids is 1. The summed E-state index contributed by atoms with van der Waals surface area (Å²) in [5.74, 6) is -0.373. The largest absolute Gasteiger partial charge is 0.480 e. The van der Waals surface area contributed by atoms with Crippen LogP contribution in [-0.4, -0.2) is 40.1 Å². The Hall–Kier alpha value is -1.80. The van der Waals surface area contributed by atoms with Crippen molar-refractivity contribution in [3.63, 3.8) is 0 Å². The number of carbonyl (C=O) groups excluding carboxylic acids is 1. The topological polar surface area (TPSA) is 91.3 Å². The fraction of sp³-hybridized carbons (Fsp3) is 0.308. The first-order chi connectivity index (χ1) is 10.1. The number of urea groups is 1. The van der Waals surface area contributed by atoms with Gasteiger partial charge in [-0.05, 0) is 30.6 Å². The summed E-state index contributed by atoms with van der Waals surface area (Å²) in [6, 6.07) is 6.08. The van der Waals surface area contributed by atoms with Crippen molar-refractivity contribution >= 4 is 50.4 Å². The van der Waals surface area contributed by atoms with Gasteiger partial charge in [0, 0.05) is 0 Å². The van der Waals surface area contributed by atoms with Crippen molar-refractivity contribution in [3.8, 4) is 0 Å². The maximum atomic E-state index is 11.8. The second-order valence-corrected chi connectivity index (χ2v) is 6.27. The number of hydrogen-bond donors (Lipinski definition) is 3. The van der Waals surface area contributed by atoms with E-state index in [1.165, 1.54) is 23.1 Å². The van der Waals surface area contributed by atoms with E-state index in [4.69, 9.17) is 5.11 Å². The number of thiazole rings is 1. The molecule has 1 aromatic heterocycles. The number of carbonyl (C=O) groups is 2. The van der Waals surface area contributed by atoms with Crippen LogP contribution in [-0.2, 0) is 4.79 Å². The van der Waals surface area contributed by atoms with Crippen LogP contribution < -0.4 is 10.6 Å². The van der Waals surface area contributed by atoms with E-state index in [9.17, 15) is 9.59 Å². The summed E-state index contributed by atoms with van der Waals surface area (Å²) < 4.78 is 0.963. The molecule has 1 aromatic carbocycles. The third-order valence-corrected chi connectivity index (χ3v) is 4.32. The molecule has 0 aliphatic carbocycles. The Morgan fingerprint density at radius 3 is 2.86 bits per heavy atom. The maximum Gasteiger partial charge on any atom is 0.326 e. The van der Waals surface area contributed by atoms with Crippen molar-refractivity contribution in [2.24, 2.45) is 0 Å². The summed E-state index contributed by atoms with van der Waals surface area (Å²) >= 11 is 2.88. The minimum atomic E-state index is -1.04. The predicted molar refractivity (Wildman–Crippen MR) is 86.2 cm³/mol. The van der Waals surface area contributed by atoms with Crippen molar-refractivity contribution in [1.82, 2.24) is 10.3 Å². The van der Waals surface area contributed by atoms with Crippen molar-refractivity contribution in [3.05, 3.63) is 24.3 Å². The van der Waals surface area contributed by atoms with Crippen LogP contribution in [0.2, 0.25) is 0 Å². The molecule has 0 unspecified atom stereocenters. The van der Waals surface area contributed by atoms with Crippen LogP contribution in [0, 0.1) is 0 Å². The first-order valence-corrected chi connectivity index (χ1v) is 8.46. The van der Waals surface area contributed by atoms with Crippen LogP contribution in [0.3, 0.4) is 0 Å². The van der Waals surface area contributed by atoms with Crippen LogP contribution in [0.1, 0.15) is 6.42 Å². The molecule has 0 saturated carbocycles. The Morgan fingerprint density at radius 2 is 2.19 bits per heavy atom. The fourth-order valence-electron chi connectivity index (χ4n) is 1.71. The van der Waals surface area contributed by atoms with E-state index in [0.29, 0.717) is 17.3 Å². The monoisotopic (exact) mass is 325 g/mol. The highest BCUT2D eigenvalue weighted by atomic mass is 32.2. The first-order valence-electron chi connectivity index (χ1n) is 6.25. The van der Waals surface area contributed by atoms with Crippen LogP contribution in [0.15, 0.2) is 24.3 Å². The highest BCUT2D eigenvalue weighted by molar-refractivity contribution is 7.98. The first kappa shape index (κ1) is 15.6. The molecule has 0 saturated heterocycles. The molecule has 6 nitrogen and oxygen atoms in total. The van der Waals surface area contributed by atoms with Gasteiger partial charge >= 0.3 is 12.0 Å². The molecular weight excluding hydrogens is 310 g/mol. The third kappa shape index (κ3) is 4.33. The lowest BCUT2D eigenvalue weighted by molar-refractivity contribution is -0.139. The molecule has 1 heterocycles. The smallest absolute Gasteiger partial charge is 0.326 e. The molecule has 1 atom stereocenters. The molecule has 0 radical (unpaired) electrons. The molecule has 2 amide bonds. The van der Waals surface area contributed by atoms with Gasteiger partial charge in [-0.25, -0.2) is 14.6 Å². The van der Waals surface area contributed by atoms with Gasteiger partial charge in [-0.3, -0.25) is 5.32 Å². The summed E-state index contributed by atoms with van der Waals surface area (Å²) in [5.41, 5.74) is 0.801. The van der Waals surface area contributed by atoms with E-state index in [0.717, 1.165) is 10.2 Å². The summed E-state index contributed by atoms with van der Waals surface area (Å²) in [6.07, 6.45) is 2.27. The minimum absolute atomic E-state index is 0.379. The number of benzene rings is 1. The quantitative estimate of drug-likeness (QED) is 0.759. The molecule has 3 N–H and O–H groups in total. The number of amides is 2. The molecule has 0 spiro atoms. The van der Waals surface area contributed by atoms with Gasteiger partial charge in [0.1, 0.15) is 6.04 Å².